The van der Waals surface area contributed by atoms with Gasteiger partial charge < -0.3 is 10.6 Å². The fourth-order valence-corrected chi connectivity index (χ4v) is 2.19. The molecule has 96 valence electrons. The Labute approximate surface area is 108 Å². The Balaban J connectivity index is 1.58. The van der Waals surface area contributed by atoms with E-state index in [1.54, 1.807) is 0 Å². The molecular weight excluding hydrogens is 224 g/mol. The Bertz CT molecular complexity index is 432. The monoisotopic (exact) mass is 244 g/mol. The largest absolute Gasteiger partial charge is 0.382 e. The van der Waals surface area contributed by atoms with Crippen LogP contribution >= 0.6 is 0 Å². The molecule has 1 unspecified atom stereocenters. The van der Waals surface area contributed by atoms with E-state index in [4.69, 9.17) is 0 Å². The second kappa shape index (κ2) is 4.63. The minimum Gasteiger partial charge on any atom is -0.382 e. The lowest BCUT2D eigenvalue weighted by Gasteiger charge is -2.14. The Morgan fingerprint density at radius 3 is 2.39 bits per heavy atom. The standard InChI is InChI=1S/C15H20N2O/c1-10(11-2-3-11)16-13-6-4-12(5-7-13)15(18)17-14-8-9-14/h4-7,10-11,14,16H,2-3,8-9H2,1H3,(H,17,18). The maximum absolute atomic E-state index is 11.8. The zero-order valence-corrected chi connectivity index (χ0v) is 10.8. The smallest absolute Gasteiger partial charge is 0.251 e. The zero-order valence-electron chi connectivity index (χ0n) is 10.8. The number of anilines is 1. The first-order valence-electron chi connectivity index (χ1n) is 6.90. The molecule has 2 N–H and O–H groups in total. The highest BCUT2D eigenvalue weighted by Gasteiger charge is 2.27. The lowest BCUT2D eigenvalue weighted by Crippen LogP contribution is -2.25. The van der Waals surface area contributed by atoms with E-state index >= 15 is 0 Å². The lowest BCUT2D eigenvalue weighted by atomic mass is 10.1. The van der Waals surface area contributed by atoms with E-state index in [1.165, 1.54) is 12.8 Å². The van der Waals surface area contributed by atoms with Crippen molar-refractivity contribution in [1.29, 1.82) is 0 Å². The van der Waals surface area contributed by atoms with Crippen molar-refractivity contribution in [3.63, 3.8) is 0 Å². The molecule has 0 aromatic heterocycles. The number of carbonyl (C=O) groups is 1. The van der Waals surface area contributed by atoms with Crippen molar-refractivity contribution in [3.8, 4) is 0 Å². The number of hydrogen-bond donors (Lipinski definition) is 2. The van der Waals surface area contributed by atoms with Gasteiger partial charge >= 0.3 is 0 Å². The fourth-order valence-electron chi connectivity index (χ4n) is 2.19. The van der Waals surface area contributed by atoms with Crippen LogP contribution in [0.15, 0.2) is 24.3 Å². The van der Waals surface area contributed by atoms with Crippen LogP contribution < -0.4 is 10.6 Å². The third kappa shape index (κ3) is 2.84. The summed E-state index contributed by atoms with van der Waals surface area (Å²) in [6.45, 7) is 2.23. The molecule has 1 atom stereocenters. The third-order valence-corrected chi connectivity index (χ3v) is 3.78. The average Bonchev–Trinajstić information content (AvgIpc) is 3.23. The van der Waals surface area contributed by atoms with Gasteiger partial charge in [0.05, 0.1) is 0 Å². The maximum atomic E-state index is 11.8. The molecule has 1 amide bonds. The zero-order chi connectivity index (χ0) is 12.5. The van der Waals surface area contributed by atoms with E-state index in [0.717, 1.165) is 30.0 Å². The Morgan fingerprint density at radius 1 is 1.17 bits per heavy atom. The molecule has 2 saturated carbocycles. The number of amides is 1. The van der Waals surface area contributed by atoms with Gasteiger partial charge in [0.1, 0.15) is 0 Å². The summed E-state index contributed by atoms with van der Waals surface area (Å²) in [5.74, 6) is 0.891. The first kappa shape index (κ1) is 11.6. The quantitative estimate of drug-likeness (QED) is 0.836. The second-order valence-corrected chi connectivity index (χ2v) is 5.60. The number of nitrogens with one attached hydrogen (secondary N) is 2. The van der Waals surface area contributed by atoms with Crippen molar-refractivity contribution in [1.82, 2.24) is 5.32 Å². The fraction of sp³-hybridized carbons (Fsp3) is 0.533. The van der Waals surface area contributed by atoms with Crippen molar-refractivity contribution in [2.75, 3.05) is 5.32 Å². The normalized spacial score (nSPS) is 20.3. The van der Waals surface area contributed by atoms with Gasteiger partial charge in [0, 0.05) is 23.3 Å². The summed E-state index contributed by atoms with van der Waals surface area (Å²) in [6, 6.07) is 8.77. The molecule has 0 saturated heterocycles. The first-order chi connectivity index (χ1) is 8.72. The molecule has 3 heteroatoms. The Hall–Kier alpha value is -1.51. The predicted octanol–water partition coefficient (Wildman–Crippen LogP) is 2.79. The summed E-state index contributed by atoms with van der Waals surface area (Å²) in [5.41, 5.74) is 1.86. The third-order valence-electron chi connectivity index (χ3n) is 3.78. The van der Waals surface area contributed by atoms with Crippen LogP contribution in [0.5, 0.6) is 0 Å². The van der Waals surface area contributed by atoms with E-state index in [0.29, 0.717) is 12.1 Å². The molecular formula is C15H20N2O. The van der Waals surface area contributed by atoms with Crippen molar-refractivity contribution < 1.29 is 4.79 Å². The highest BCUT2D eigenvalue weighted by Crippen LogP contribution is 2.33. The summed E-state index contributed by atoms with van der Waals surface area (Å²) in [5, 5.41) is 6.49. The van der Waals surface area contributed by atoms with Crippen LogP contribution in [0.3, 0.4) is 0 Å². The van der Waals surface area contributed by atoms with Crippen LogP contribution in [0, 0.1) is 5.92 Å². The van der Waals surface area contributed by atoms with Crippen molar-refractivity contribution in [2.24, 2.45) is 5.92 Å². The summed E-state index contributed by atoms with van der Waals surface area (Å²) in [7, 11) is 0. The maximum Gasteiger partial charge on any atom is 0.251 e. The molecule has 0 aliphatic heterocycles. The predicted molar refractivity (Wildman–Crippen MR) is 72.7 cm³/mol. The minimum absolute atomic E-state index is 0.0549. The number of hydrogen-bond acceptors (Lipinski definition) is 2. The molecule has 0 bridgehead atoms. The van der Waals surface area contributed by atoms with Gasteiger partial charge in [-0.05, 0) is 62.8 Å². The second-order valence-electron chi connectivity index (χ2n) is 5.60. The van der Waals surface area contributed by atoms with E-state index in [-0.39, 0.29) is 5.91 Å². The van der Waals surface area contributed by atoms with Crippen LogP contribution in [0.1, 0.15) is 43.0 Å². The minimum atomic E-state index is 0.0549. The van der Waals surface area contributed by atoms with E-state index in [2.05, 4.69) is 17.6 Å². The summed E-state index contributed by atoms with van der Waals surface area (Å²) >= 11 is 0. The van der Waals surface area contributed by atoms with Crippen LogP contribution in [0.25, 0.3) is 0 Å². The van der Waals surface area contributed by atoms with E-state index in [9.17, 15) is 4.79 Å². The topological polar surface area (TPSA) is 41.1 Å². The van der Waals surface area contributed by atoms with Crippen LogP contribution in [0.2, 0.25) is 0 Å². The molecule has 2 aliphatic carbocycles. The molecule has 1 aromatic rings. The molecule has 2 fully saturated rings. The van der Waals surface area contributed by atoms with Gasteiger partial charge in [-0.3, -0.25) is 4.79 Å². The van der Waals surface area contributed by atoms with Gasteiger partial charge in [0.15, 0.2) is 0 Å². The van der Waals surface area contributed by atoms with Gasteiger partial charge in [-0.1, -0.05) is 0 Å². The van der Waals surface area contributed by atoms with Crippen LogP contribution in [-0.4, -0.2) is 18.0 Å². The summed E-state index contributed by atoms with van der Waals surface area (Å²) in [6.07, 6.45) is 4.95. The van der Waals surface area contributed by atoms with Crippen molar-refractivity contribution in [2.45, 2.75) is 44.7 Å². The van der Waals surface area contributed by atoms with Gasteiger partial charge in [-0.2, -0.15) is 0 Å². The highest BCUT2D eigenvalue weighted by atomic mass is 16.1. The van der Waals surface area contributed by atoms with Crippen molar-refractivity contribution >= 4 is 11.6 Å². The average molecular weight is 244 g/mol. The molecule has 0 spiro atoms. The molecule has 1 aromatic carbocycles. The van der Waals surface area contributed by atoms with E-state index < -0.39 is 0 Å². The van der Waals surface area contributed by atoms with Crippen molar-refractivity contribution in [3.05, 3.63) is 29.8 Å². The SMILES string of the molecule is CC(Nc1ccc(C(=O)NC2CC2)cc1)C1CC1. The van der Waals surface area contributed by atoms with Gasteiger partial charge in [0.25, 0.3) is 5.91 Å². The molecule has 18 heavy (non-hydrogen) atoms. The lowest BCUT2D eigenvalue weighted by molar-refractivity contribution is 0.0951. The van der Waals surface area contributed by atoms with Crippen LogP contribution in [0.4, 0.5) is 5.69 Å². The van der Waals surface area contributed by atoms with Gasteiger partial charge in [0.2, 0.25) is 0 Å². The Kier molecular flexibility index (Phi) is 2.98. The molecule has 3 nitrogen and oxygen atoms in total. The highest BCUT2D eigenvalue weighted by molar-refractivity contribution is 5.94. The Morgan fingerprint density at radius 2 is 1.83 bits per heavy atom. The molecule has 2 aliphatic rings. The van der Waals surface area contributed by atoms with Gasteiger partial charge in [-0.15, -0.1) is 0 Å². The number of carbonyl (C=O) groups excluding carboxylic acids is 1. The first-order valence-corrected chi connectivity index (χ1v) is 6.90. The molecule has 3 rings (SSSR count). The number of rotatable bonds is 5. The summed E-state index contributed by atoms with van der Waals surface area (Å²) < 4.78 is 0. The van der Waals surface area contributed by atoms with Crippen LogP contribution in [-0.2, 0) is 0 Å². The molecule has 0 radical (unpaired) electrons. The van der Waals surface area contributed by atoms with Gasteiger partial charge in [-0.25, -0.2) is 0 Å². The molecule has 0 heterocycles. The van der Waals surface area contributed by atoms with E-state index in [1.807, 2.05) is 24.3 Å². The summed E-state index contributed by atoms with van der Waals surface area (Å²) in [4.78, 5) is 11.8. The number of benzene rings is 1.